The highest BCUT2D eigenvalue weighted by Crippen LogP contribution is 2.71. The lowest BCUT2D eigenvalue weighted by molar-refractivity contribution is -0.373. The number of ether oxygens (including phenoxy) is 6. The minimum absolute atomic E-state index is 0.168. The maximum Gasteiger partial charge on any atom is 0.187 e. The molecule has 22 atom stereocenters. The molecule has 5 unspecified atom stereocenters. The molecule has 298 valence electrons. The number of aliphatic hydroxyl groups excluding tert-OH is 7. The summed E-state index contributed by atoms with van der Waals surface area (Å²) in [5.41, 5.74) is 0.425. The first-order valence-corrected chi connectivity index (χ1v) is 20.3. The number of hydrogen-bond acceptors (Lipinski definition) is 13. The van der Waals surface area contributed by atoms with E-state index in [1.54, 1.807) is 0 Å². The van der Waals surface area contributed by atoms with E-state index in [0.717, 1.165) is 45.1 Å². The van der Waals surface area contributed by atoms with Gasteiger partial charge in [-0.3, -0.25) is 0 Å². The molecule has 0 aromatic heterocycles. The van der Waals surface area contributed by atoms with Gasteiger partial charge in [-0.05, 0) is 104 Å². The molecular formula is C39H64O13. The summed E-state index contributed by atoms with van der Waals surface area (Å²) in [6, 6.07) is 0. The molecule has 8 aliphatic rings. The van der Waals surface area contributed by atoms with Gasteiger partial charge in [0.05, 0.1) is 32.0 Å². The fraction of sp³-hybridized carbons (Fsp3) is 1.00. The predicted molar refractivity (Wildman–Crippen MR) is 183 cm³/mol. The topological polar surface area (TPSA) is 197 Å². The van der Waals surface area contributed by atoms with Crippen molar-refractivity contribution in [3.05, 3.63) is 0 Å². The van der Waals surface area contributed by atoms with Gasteiger partial charge in [0.15, 0.2) is 18.4 Å². The number of rotatable bonds is 6. The largest absolute Gasteiger partial charge is 0.394 e. The Morgan fingerprint density at radius 1 is 0.673 bits per heavy atom. The molecule has 13 nitrogen and oxygen atoms in total. The van der Waals surface area contributed by atoms with E-state index in [9.17, 15) is 35.7 Å². The highest BCUT2D eigenvalue weighted by atomic mass is 16.8. The van der Waals surface area contributed by atoms with E-state index in [4.69, 9.17) is 28.4 Å². The third kappa shape index (κ3) is 5.98. The molecule has 8 rings (SSSR count). The van der Waals surface area contributed by atoms with Crippen molar-refractivity contribution in [1.29, 1.82) is 0 Å². The summed E-state index contributed by atoms with van der Waals surface area (Å²) in [6.07, 6.45) is -3.88. The number of hydrogen-bond donors (Lipinski definition) is 7. The Morgan fingerprint density at radius 3 is 2.06 bits per heavy atom. The van der Waals surface area contributed by atoms with Crippen LogP contribution >= 0.6 is 0 Å². The van der Waals surface area contributed by atoms with Crippen LogP contribution in [0.2, 0.25) is 0 Å². The molecule has 8 fully saturated rings. The minimum Gasteiger partial charge on any atom is -0.394 e. The van der Waals surface area contributed by atoms with Gasteiger partial charge in [0.2, 0.25) is 0 Å². The predicted octanol–water partition coefficient (Wildman–Crippen LogP) is 1.44. The highest BCUT2D eigenvalue weighted by molar-refractivity contribution is 5.15. The molecule has 4 heterocycles. The first-order chi connectivity index (χ1) is 24.7. The smallest absolute Gasteiger partial charge is 0.187 e. The highest BCUT2D eigenvalue weighted by Gasteiger charge is 2.69. The van der Waals surface area contributed by atoms with E-state index < -0.39 is 80.4 Å². The van der Waals surface area contributed by atoms with Gasteiger partial charge < -0.3 is 64.2 Å². The van der Waals surface area contributed by atoms with Crippen LogP contribution in [-0.4, -0.2) is 135 Å². The lowest BCUT2D eigenvalue weighted by Crippen LogP contribution is -2.65. The van der Waals surface area contributed by atoms with Gasteiger partial charge in [-0.15, -0.1) is 0 Å². The molecule has 0 bridgehead atoms. The van der Waals surface area contributed by atoms with Crippen LogP contribution in [0.4, 0.5) is 0 Å². The standard InChI is InChI=1S/C39H64O13/c1-18-7-12-39(47-17-18)19(2)28-25(52-39)14-24-22-6-5-20-13-21(8-10-37(20,3)23(22)9-11-38(24,28)4)48-36-34(32(45)30(43)27(16-41)50-36)51-35-33(46)31(44)29(42)26(15-40)49-35/h18-36,40-46H,5-17H2,1-4H3/t18-,19-,20?,21?,22?,23?,24?,25-,26+,27+,28-,29+,30-,31-,32-,33+,34+,35-,36+,37-,38-,39+/m0/s1. The average Bonchev–Trinajstić information content (AvgIpc) is 3.58. The van der Waals surface area contributed by atoms with Crippen LogP contribution in [0.15, 0.2) is 0 Å². The molecule has 0 amide bonds. The van der Waals surface area contributed by atoms with E-state index in [0.29, 0.717) is 41.4 Å². The molecule has 0 aromatic carbocycles. The molecule has 1 spiro atoms. The molecule has 13 heteroatoms. The number of fused-ring (bicyclic) bond motifs is 7. The average molecular weight is 741 g/mol. The summed E-state index contributed by atoms with van der Waals surface area (Å²) >= 11 is 0. The fourth-order valence-corrected chi connectivity index (χ4v) is 13.2. The normalized spacial score (nSPS) is 59.0. The lowest BCUT2D eigenvalue weighted by Gasteiger charge is -2.61. The Balaban J connectivity index is 0.942. The van der Waals surface area contributed by atoms with Gasteiger partial charge in [0, 0.05) is 12.3 Å². The Hall–Kier alpha value is -0.520. The van der Waals surface area contributed by atoms with E-state index in [2.05, 4.69) is 27.7 Å². The summed E-state index contributed by atoms with van der Waals surface area (Å²) < 4.78 is 37.5. The second kappa shape index (κ2) is 14.1. The Bertz CT molecular complexity index is 1260. The van der Waals surface area contributed by atoms with Crippen molar-refractivity contribution >= 4 is 0 Å². The Labute approximate surface area is 307 Å². The third-order valence-electron chi connectivity index (χ3n) is 16.2. The second-order valence-electron chi connectivity index (χ2n) is 18.7. The van der Waals surface area contributed by atoms with Gasteiger partial charge in [-0.2, -0.15) is 0 Å². The quantitative estimate of drug-likeness (QED) is 0.194. The molecule has 52 heavy (non-hydrogen) atoms. The second-order valence-corrected chi connectivity index (χ2v) is 18.7. The molecule has 0 aromatic rings. The van der Waals surface area contributed by atoms with Crippen molar-refractivity contribution in [2.24, 2.45) is 52.3 Å². The molecule has 4 aliphatic heterocycles. The molecule has 0 radical (unpaired) electrons. The first-order valence-electron chi connectivity index (χ1n) is 20.3. The van der Waals surface area contributed by atoms with Crippen LogP contribution in [0.3, 0.4) is 0 Å². The van der Waals surface area contributed by atoms with Gasteiger partial charge >= 0.3 is 0 Å². The van der Waals surface area contributed by atoms with Gasteiger partial charge in [-0.1, -0.05) is 27.7 Å². The summed E-state index contributed by atoms with van der Waals surface area (Å²) in [6.45, 7) is 9.33. The minimum atomic E-state index is -1.71. The molecule has 4 saturated heterocycles. The molecule has 4 saturated carbocycles. The summed E-state index contributed by atoms with van der Waals surface area (Å²) in [5, 5.41) is 72.7. The van der Waals surface area contributed by atoms with Crippen LogP contribution in [0.25, 0.3) is 0 Å². The zero-order valence-corrected chi connectivity index (χ0v) is 31.2. The zero-order valence-electron chi connectivity index (χ0n) is 31.2. The van der Waals surface area contributed by atoms with Crippen LogP contribution in [-0.2, 0) is 28.4 Å². The van der Waals surface area contributed by atoms with Crippen molar-refractivity contribution in [2.45, 2.75) is 171 Å². The van der Waals surface area contributed by atoms with E-state index in [-0.39, 0.29) is 23.0 Å². The van der Waals surface area contributed by atoms with E-state index in [1.165, 1.54) is 25.7 Å². The lowest BCUT2D eigenvalue weighted by atomic mass is 9.44. The molecule has 7 N–H and O–H groups in total. The van der Waals surface area contributed by atoms with Crippen molar-refractivity contribution in [3.63, 3.8) is 0 Å². The first kappa shape index (κ1) is 38.4. The van der Waals surface area contributed by atoms with Crippen LogP contribution < -0.4 is 0 Å². The molecular weight excluding hydrogens is 676 g/mol. The van der Waals surface area contributed by atoms with Gasteiger partial charge in [-0.25, -0.2) is 0 Å². The maximum atomic E-state index is 11.1. The van der Waals surface area contributed by atoms with Crippen molar-refractivity contribution in [1.82, 2.24) is 0 Å². The number of aliphatic hydroxyl groups is 7. The zero-order chi connectivity index (χ0) is 36.9. The Kier molecular flexibility index (Phi) is 10.4. The van der Waals surface area contributed by atoms with Crippen molar-refractivity contribution in [3.8, 4) is 0 Å². The SMILES string of the molecule is C[C@H]1CC[C@@]2(OC1)O[C@H]1CC3C4CCC5CC(O[C@@H]6O[C@H](CO)[C@H](O)[C@H](O)[C@H]6O[C@@H]6O[C@H](CO)[C@@H](O)[C@H](O)[C@H]6O)CC[C@]5(C)C4CC[C@]3(C)[C@H]1[C@@H]2C. The van der Waals surface area contributed by atoms with Crippen LogP contribution in [0.5, 0.6) is 0 Å². The van der Waals surface area contributed by atoms with Crippen LogP contribution in [0, 0.1) is 52.3 Å². The molecule has 4 aliphatic carbocycles. The third-order valence-corrected chi connectivity index (χ3v) is 16.2. The Morgan fingerprint density at radius 2 is 1.37 bits per heavy atom. The van der Waals surface area contributed by atoms with Gasteiger partial charge in [0.25, 0.3) is 0 Å². The maximum absolute atomic E-state index is 11.1. The summed E-state index contributed by atoms with van der Waals surface area (Å²) in [4.78, 5) is 0. The van der Waals surface area contributed by atoms with Crippen molar-refractivity contribution < 1.29 is 64.2 Å². The fourth-order valence-electron chi connectivity index (χ4n) is 13.2. The summed E-state index contributed by atoms with van der Waals surface area (Å²) in [5.74, 6) is 3.51. The van der Waals surface area contributed by atoms with Crippen LogP contribution in [0.1, 0.15) is 91.9 Å². The monoisotopic (exact) mass is 740 g/mol. The van der Waals surface area contributed by atoms with Crippen molar-refractivity contribution in [2.75, 3.05) is 19.8 Å². The van der Waals surface area contributed by atoms with Gasteiger partial charge in [0.1, 0.15) is 48.8 Å². The van der Waals surface area contributed by atoms with E-state index in [1.807, 2.05) is 0 Å². The summed E-state index contributed by atoms with van der Waals surface area (Å²) in [7, 11) is 0. The van der Waals surface area contributed by atoms with E-state index >= 15 is 0 Å².